The zero-order chi connectivity index (χ0) is 12.1. The molecule has 5 nitrogen and oxygen atoms in total. The third-order valence-electron chi connectivity index (χ3n) is 2.41. The van der Waals surface area contributed by atoms with Crippen molar-refractivity contribution >= 4 is 0 Å². The van der Waals surface area contributed by atoms with E-state index in [2.05, 4.69) is 5.43 Å². The second-order valence-corrected chi connectivity index (χ2v) is 3.64. The summed E-state index contributed by atoms with van der Waals surface area (Å²) in [6, 6.07) is 5.65. The highest BCUT2D eigenvalue weighted by Crippen LogP contribution is 2.29. The molecular formula is C11H19N3O2. The third-order valence-corrected chi connectivity index (χ3v) is 2.41. The van der Waals surface area contributed by atoms with Crippen molar-refractivity contribution in [2.24, 2.45) is 5.84 Å². The topological polar surface area (TPSA) is 59.8 Å². The molecule has 0 saturated heterocycles. The Labute approximate surface area is 96.1 Å². The number of benzene rings is 1. The van der Waals surface area contributed by atoms with Crippen LogP contribution >= 0.6 is 0 Å². The SMILES string of the molecule is COc1ccc(C(NN)N(C)C)c(OC)c1. The van der Waals surface area contributed by atoms with E-state index < -0.39 is 0 Å². The third kappa shape index (κ3) is 2.63. The van der Waals surface area contributed by atoms with Gasteiger partial charge in [0.05, 0.1) is 14.2 Å². The van der Waals surface area contributed by atoms with Crippen molar-refractivity contribution in [1.82, 2.24) is 10.3 Å². The van der Waals surface area contributed by atoms with Gasteiger partial charge in [-0.25, -0.2) is 5.43 Å². The van der Waals surface area contributed by atoms with Gasteiger partial charge in [-0.3, -0.25) is 10.7 Å². The molecule has 1 aromatic carbocycles. The molecule has 0 fully saturated rings. The number of methoxy groups -OCH3 is 2. The minimum Gasteiger partial charge on any atom is -0.497 e. The number of nitrogens with two attached hydrogens (primary N) is 1. The molecule has 0 aromatic heterocycles. The molecule has 0 spiro atoms. The summed E-state index contributed by atoms with van der Waals surface area (Å²) in [7, 11) is 7.13. The maximum absolute atomic E-state index is 5.52. The molecule has 0 saturated carbocycles. The number of hydrogen-bond donors (Lipinski definition) is 2. The lowest BCUT2D eigenvalue weighted by molar-refractivity contribution is 0.245. The van der Waals surface area contributed by atoms with E-state index >= 15 is 0 Å². The first-order chi connectivity index (χ1) is 7.63. The van der Waals surface area contributed by atoms with E-state index in [1.165, 1.54) is 0 Å². The van der Waals surface area contributed by atoms with E-state index in [4.69, 9.17) is 15.3 Å². The first kappa shape index (κ1) is 12.8. The van der Waals surface area contributed by atoms with Crippen LogP contribution in [0.2, 0.25) is 0 Å². The molecule has 0 amide bonds. The molecule has 1 unspecified atom stereocenters. The minimum absolute atomic E-state index is 0.0964. The Hall–Kier alpha value is -1.30. The summed E-state index contributed by atoms with van der Waals surface area (Å²) < 4.78 is 10.5. The van der Waals surface area contributed by atoms with Crippen LogP contribution in [-0.2, 0) is 0 Å². The van der Waals surface area contributed by atoms with Crippen molar-refractivity contribution in [1.29, 1.82) is 0 Å². The Morgan fingerprint density at radius 2 is 1.94 bits per heavy atom. The highest BCUT2D eigenvalue weighted by atomic mass is 16.5. The monoisotopic (exact) mass is 225 g/mol. The molecule has 16 heavy (non-hydrogen) atoms. The first-order valence-corrected chi connectivity index (χ1v) is 4.98. The predicted molar refractivity (Wildman–Crippen MR) is 63.3 cm³/mol. The van der Waals surface area contributed by atoms with E-state index in [0.717, 1.165) is 17.1 Å². The fraction of sp³-hybridized carbons (Fsp3) is 0.455. The molecule has 0 aliphatic rings. The quantitative estimate of drug-likeness (QED) is 0.439. The molecule has 0 bridgehead atoms. The van der Waals surface area contributed by atoms with Gasteiger partial charge in [-0.05, 0) is 26.2 Å². The van der Waals surface area contributed by atoms with Gasteiger partial charge in [-0.2, -0.15) is 0 Å². The molecule has 0 aliphatic heterocycles. The van der Waals surface area contributed by atoms with E-state index in [-0.39, 0.29) is 6.17 Å². The zero-order valence-electron chi connectivity index (χ0n) is 10.2. The number of rotatable bonds is 5. The maximum atomic E-state index is 5.52. The molecule has 3 N–H and O–H groups in total. The summed E-state index contributed by atoms with van der Waals surface area (Å²) in [5.41, 5.74) is 3.70. The van der Waals surface area contributed by atoms with Crippen LogP contribution < -0.4 is 20.7 Å². The average molecular weight is 225 g/mol. The lowest BCUT2D eigenvalue weighted by Gasteiger charge is -2.25. The lowest BCUT2D eigenvalue weighted by atomic mass is 10.1. The van der Waals surface area contributed by atoms with Crippen LogP contribution in [0.5, 0.6) is 11.5 Å². The van der Waals surface area contributed by atoms with Gasteiger partial charge in [-0.15, -0.1) is 0 Å². The maximum Gasteiger partial charge on any atom is 0.128 e. The summed E-state index contributed by atoms with van der Waals surface area (Å²) in [6.45, 7) is 0. The average Bonchev–Trinajstić information content (AvgIpc) is 2.29. The molecule has 1 rings (SSSR count). The van der Waals surface area contributed by atoms with Gasteiger partial charge in [0.15, 0.2) is 0 Å². The van der Waals surface area contributed by atoms with Crippen LogP contribution in [0.3, 0.4) is 0 Å². The fourth-order valence-electron chi connectivity index (χ4n) is 1.56. The highest BCUT2D eigenvalue weighted by Gasteiger charge is 2.17. The van der Waals surface area contributed by atoms with Crippen LogP contribution in [0, 0.1) is 0 Å². The number of hydrazine groups is 1. The van der Waals surface area contributed by atoms with Crippen LogP contribution in [0.15, 0.2) is 18.2 Å². The van der Waals surface area contributed by atoms with Crippen LogP contribution in [0.1, 0.15) is 11.7 Å². The van der Waals surface area contributed by atoms with Gasteiger partial charge < -0.3 is 9.47 Å². The van der Waals surface area contributed by atoms with Gasteiger partial charge >= 0.3 is 0 Å². The molecule has 0 aliphatic carbocycles. The number of nitrogens with one attached hydrogen (secondary N) is 1. The summed E-state index contributed by atoms with van der Waals surface area (Å²) in [5.74, 6) is 7.03. The molecule has 1 aromatic rings. The Morgan fingerprint density at radius 3 is 2.38 bits per heavy atom. The molecular weight excluding hydrogens is 206 g/mol. The standard InChI is InChI=1S/C11H19N3O2/c1-14(2)11(13-12)9-6-5-8(15-3)7-10(9)16-4/h5-7,11,13H,12H2,1-4H3. The van der Waals surface area contributed by atoms with Crippen molar-refractivity contribution in [3.63, 3.8) is 0 Å². The summed E-state index contributed by atoms with van der Waals surface area (Å²) >= 11 is 0. The molecule has 5 heteroatoms. The van der Waals surface area contributed by atoms with Crippen molar-refractivity contribution < 1.29 is 9.47 Å². The summed E-state index contributed by atoms with van der Waals surface area (Å²) in [4.78, 5) is 1.96. The second kappa shape index (κ2) is 5.69. The minimum atomic E-state index is -0.0964. The van der Waals surface area contributed by atoms with E-state index in [0.29, 0.717) is 0 Å². The van der Waals surface area contributed by atoms with E-state index in [9.17, 15) is 0 Å². The summed E-state index contributed by atoms with van der Waals surface area (Å²) in [6.07, 6.45) is -0.0964. The van der Waals surface area contributed by atoms with Gasteiger partial charge in [0, 0.05) is 11.6 Å². The van der Waals surface area contributed by atoms with Crippen LogP contribution in [0.4, 0.5) is 0 Å². The number of hydrogen-bond acceptors (Lipinski definition) is 5. The number of nitrogens with zero attached hydrogens (tertiary/aromatic N) is 1. The van der Waals surface area contributed by atoms with Crippen molar-refractivity contribution in [3.8, 4) is 11.5 Å². The normalized spacial score (nSPS) is 12.6. The largest absolute Gasteiger partial charge is 0.497 e. The van der Waals surface area contributed by atoms with Crippen molar-refractivity contribution in [2.45, 2.75) is 6.17 Å². The Bertz CT molecular complexity index is 342. The van der Waals surface area contributed by atoms with E-state index in [1.54, 1.807) is 14.2 Å². The van der Waals surface area contributed by atoms with Gasteiger partial charge in [0.2, 0.25) is 0 Å². The molecule has 0 heterocycles. The molecule has 0 radical (unpaired) electrons. The molecule has 90 valence electrons. The highest BCUT2D eigenvalue weighted by molar-refractivity contribution is 5.42. The fourth-order valence-corrected chi connectivity index (χ4v) is 1.56. The molecule has 1 atom stereocenters. The first-order valence-electron chi connectivity index (χ1n) is 4.98. The zero-order valence-corrected chi connectivity index (χ0v) is 10.2. The second-order valence-electron chi connectivity index (χ2n) is 3.64. The van der Waals surface area contributed by atoms with Crippen molar-refractivity contribution in [2.75, 3.05) is 28.3 Å². The van der Waals surface area contributed by atoms with Crippen LogP contribution in [0.25, 0.3) is 0 Å². The Balaban J connectivity index is 3.11. The Morgan fingerprint density at radius 1 is 1.25 bits per heavy atom. The predicted octanol–water partition coefficient (Wildman–Crippen LogP) is 0.727. The summed E-state index contributed by atoms with van der Waals surface area (Å²) in [5, 5.41) is 0. The van der Waals surface area contributed by atoms with Gasteiger partial charge in [-0.1, -0.05) is 0 Å². The van der Waals surface area contributed by atoms with Gasteiger partial charge in [0.25, 0.3) is 0 Å². The number of ether oxygens (including phenoxy) is 2. The van der Waals surface area contributed by atoms with Gasteiger partial charge in [0.1, 0.15) is 17.7 Å². The van der Waals surface area contributed by atoms with Crippen LogP contribution in [-0.4, -0.2) is 33.2 Å². The Kier molecular flexibility index (Phi) is 4.54. The smallest absolute Gasteiger partial charge is 0.128 e. The lowest BCUT2D eigenvalue weighted by Crippen LogP contribution is -2.37. The van der Waals surface area contributed by atoms with E-state index in [1.807, 2.05) is 37.2 Å². The van der Waals surface area contributed by atoms with Crippen molar-refractivity contribution in [3.05, 3.63) is 23.8 Å².